The lowest BCUT2D eigenvalue weighted by Crippen LogP contribution is -2.40. The van der Waals surface area contributed by atoms with Crippen molar-refractivity contribution < 1.29 is 28.6 Å². The smallest absolute Gasteiger partial charge is 0.181 e. The first-order chi connectivity index (χ1) is 22.4. The fraction of sp³-hybridized carbons (Fsp3) is 0.353. The van der Waals surface area contributed by atoms with Crippen molar-refractivity contribution in [2.45, 2.75) is 41.4 Å². The highest BCUT2D eigenvalue weighted by atomic mass is 32.2. The van der Waals surface area contributed by atoms with Crippen LogP contribution >= 0.6 is 11.8 Å². The molecule has 46 heavy (non-hydrogen) atoms. The molecule has 1 saturated heterocycles. The number of para-hydroxylation sites is 1. The molecule has 6 rings (SSSR count). The highest BCUT2D eigenvalue weighted by molar-refractivity contribution is 7.99. The van der Waals surface area contributed by atoms with Gasteiger partial charge in [0.2, 0.25) is 0 Å². The van der Waals surface area contributed by atoms with Crippen molar-refractivity contribution in [2.24, 2.45) is 0 Å². The largest absolute Gasteiger partial charge is 0.455 e. The highest BCUT2D eigenvalue weighted by Crippen LogP contribution is 2.46. The van der Waals surface area contributed by atoms with Crippen LogP contribution in [0.4, 0.5) is 0 Å². The van der Waals surface area contributed by atoms with Gasteiger partial charge < -0.3 is 44.7 Å². The number of hydrogen-bond acceptors (Lipinski definition) is 11. The molecule has 2 aliphatic rings. The van der Waals surface area contributed by atoms with Crippen LogP contribution in [-0.2, 0) is 19.1 Å². The topological polar surface area (TPSA) is 144 Å². The van der Waals surface area contributed by atoms with Gasteiger partial charge in [-0.1, -0.05) is 30.0 Å². The zero-order valence-corrected chi connectivity index (χ0v) is 27.5. The molecule has 11 nitrogen and oxygen atoms in total. The quantitative estimate of drug-likeness (QED) is 0.153. The number of carbonyl (C=O) groups is 3. The lowest BCUT2D eigenvalue weighted by Gasteiger charge is -2.26. The second-order valence-corrected chi connectivity index (χ2v) is 11.3. The fourth-order valence-electron chi connectivity index (χ4n) is 4.46. The summed E-state index contributed by atoms with van der Waals surface area (Å²) in [6.45, 7) is 4.47. The van der Waals surface area contributed by atoms with Gasteiger partial charge in [0.25, 0.3) is 0 Å². The number of likely N-dealkylation sites (N-methyl/N-ethyl adjacent to an activating group) is 2. The molecule has 0 spiro atoms. The molecule has 0 bridgehead atoms. The molecule has 1 atom stereocenters. The average molecular weight is 650 g/mol. The monoisotopic (exact) mass is 649 g/mol. The Morgan fingerprint density at radius 2 is 1.72 bits per heavy atom. The van der Waals surface area contributed by atoms with Crippen LogP contribution in [0.2, 0.25) is 0 Å². The van der Waals surface area contributed by atoms with E-state index in [0.717, 1.165) is 45.7 Å². The molecule has 246 valence electrons. The van der Waals surface area contributed by atoms with E-state index in [0.29, 0.717) is 50.8 Å². The summed E-state index contributed by atoms with van der Waals surface area (Å²) in [7, 11) is 5.52. The molecule has 0 aliphatic carbocycles. The summed E-state index contributed by atoms with van der Waals surface area (Å²) in [6, 6.07) is 17.8. The molecule has 4 heterocycles. The first-order valence-corrected chi connectivity index (χ1v) is 15.8. The van der Waals surface area contributed by atoms with Crippen LogP contribution in [0.3, 0.4) is 0 Å². The van der Waals surface area contributed by atoms with Gasteiger partial charge in [-0.3, -0.25) is 9.78 Å². The minimum Gasteiger partial charge on any atom is -0.455 e. The van der Waals surface area contributed by atoms with E-state index < -0.39 is 5.79 Å². The Morgan fingerprint density at radius 1 is 0.957 bits per heavy atom. The minimum atomic E-state index is -0.546. The molecule has 4 aromatic rings. The molecule has 1 unspecified atom stereocenters. The normalized spacial score (nSPS) is 14.3. The van der Waals surface area contributed by atoms with E-state index >= 15 is 0 Å². The number of aromatic amines is 1. The van der Waals surface area contributed by atoms with Crippen LogP contribution in [0.25, 0.3) is 10.9 Å². The Balaban J connectivity index is 0.000000177. The van der Waals surface area contributed by atoms with E-state index in [4.69, 9.17) is 14.2 Å². The molecule has 4 N–H and O–H groups in total. The van der Waals surface area contributed by atoms with Gasteiger partial charge >= 0.3 is 0 Å². The van der Waals surface area contributed by atoms with Crippen molar-refractivity contribution in [3.63, 3.8) is 0 Å². The van der Waals surface area contributed by atoms with Crippen LogP contribution in [-0.4, -0.2) is 82.1 Å². The predicted octanol–water partition coefficient (Wildman–Crippen LogP) is 4.93. The summed E-state index contributed by atoms with van der Waals surface area (Å²) >= 11 is 1.66. The second kappa shape index (κ2) is 19.6. The zero-order valence-electron chi connectivity index (χ0n) is 26.7. The highest BCUT2D eigenvalue weighted by Gasteiger charge is 2.35. The molecule has 0 saturated carbocycles. The number of rotatable bonds is 10. The number of pyridine rings is 1. The lowest BCUT2D eigenvalue weighted by atomic mass is 10.1. The number of H-pyrrole nitrogens is 1. The Bertz CT molecular complexity index is 1490. The minimum absolute atomic E-state index is 0.354. The summed E-state index contributed by atoms with van der Waals surface area (Å²) in [6.07, 6.45) is 7.33. The lowest BCUT2D eigenvalue weighted by molar-refractivity contribution is -0.159. The number of ether oxygens (including phenoxy) is 3. The van der Waals surface area contributed by atoms with Gasteiger partial charge in [0.15, 0.2) is 5.79 Å². The molecule has 1 fully saturated rings. The van der Waals surface area contributed by atoms with Gasteiger partial charge in [0.1, 0.15) is 30.4 Å². The number of fused-ring (bicyclic) bond motifs is 3. The summed E-state index contributed by atoms with van der Waals surface area (Å²) in [5, 5.41) is 10.00. The maximum atomic E-state index is 10.7. The van der Waals surface area contributed by atoms with Crippen LogP contribution in [0.5, 0.6) is 11.5 Å². The third-order valence-corrected chi connectivity index (χ3v) is 8.04. The van der Waals surface area contributed by atoms with Gasteiger partial charge in [-0.2, -0.15) is 0 Å². The standard InChI is InChI=1S/C13H8O2S.C10H13N3.C8H15NO3.C3H7NO/c14-8-9-5-6-13-11(7-9)15-10-3-1-2-4-12(10)16-13;1-7(11-2)10-5-8-6-12-4-3-9(8)13-10;1-9-7-8(3-2-4-10)11-5-6-12-8;1-4-2-3-5/h1-8H;3-7,11,13H,1-2H3;4,9H,2-3,5-7H2,1H3;3-4H,2H2,1H3. The van der Waals surface area contributed by atoms with Crippen LogP contribution in [0, 0.1) is 0 Å². The third kappa shape index (κ3) is 10.9. The molecule has 0 radical (unpaired) electrons. The van der Waals surface area contributed by atoms with E-state index in [1.165, 1.54) is 11.1 Å². The summed E-state index contributed by atoms with van der Waals surface area (Å²) in [5.41, 5.74) is 2.98. The van der Waals surface area contributed by atoms with Crippen molar-refractivity contribution in [2.75, 3.05) is 47.4 Å². The molecule has 12 heteroatoms. The number of carbonyl (C=O) groups excluding carboxylic acids is 3. The molecule has 2 aromatic heterocycles. The molecular weight excluding hydrogens is 606 g/mol. The van der Waals surface area contributed by atoms with Crippen LogP contribution in [0.1, 0.15) is 41.9 Å². The Kier molecular flexibility index (Phi) is 15.6. The van der Waals surface area contributed by atoms with E-state index in [2.05, 4.69) is 38.9 Å². The number of nitrogens with one attached hydrogen (secondary N) is 4. The van der Waals surface area contributed by atoms with Crippen LogP contribution < -0.4 is 20.7 Å². The number of aldehydes is 3. The van der Waals surface area contributed by atoms with Crippen molar-refractivity contribution in [3.8, 4) is 11.5 Å². The molecule has 2 aliphatic heterocycles. The van der Waals surface area contributed by atoms with E-state index in [1.807, 2.05) is 56.7 Å². The average Bonchev–Trinajstić information content (AvgIpc) is 3.75. The summed E-state index contributed by atoms with van der Waals surface area (Å²) in [4.78, 5) is 39.8. The molecule has 0 amide bonds. The SMILES string of the molecule is CNC(C)c1cc2cnccc2[nH]1.CNCC1(CCC=O)OCCO1.CNCC=O.O=Cc1ccc2c(c1)Oc1ccccc1S2. The number of nitrogens with zero attached hydrogens (tertiary/aromatic N) is 1. The van der Waals surface area contributed by atoms with Crippen molar-refractivity contribution in [1.82, 2.24) is 25.9 Å². The number of aromatic nitrogens is 2. The first kappa shape index (κ1) is 36.6. The third-order valence-electron chi connectivity index (χ3n) is 6.92. The first-order valence-electron chi connectivity index (χ1n) is 15.0. The number of benzene rings is 2. The Hall–Kier alpha value is -3.91. The van der Waals surface area contributed by atoms with Crippen molar-refractivity contribution >= 4 is 41.5 Å². The van der Waals surface area contributed by atoms with E-state index in [9.17, 15) is 14.4 Å². The van der Waals surface area contributed by atoms with Gasteiger partial charge in [-0.15, -0.1) is 0 Å². The summed E-state index contributed by atoms with van der Waals surface area (Å²) in [5.74, 6) is 1.06. The maximum absolute atomic E-state index is 10.7. The number of hydrogen-bond donors (Lipinski definition) is 4. The van der Waals surface area contributed by atoms with Crippen LogP contribution in [0.15, 0.2) is 76.8 Å². The Morgan fingerprint density at radius 3 is 2.35 bits per heavy atom. The fourth-order valence-corrected chi connectivity index (χ4v) is 5.40. The second-order valence-electron chi connectivity index (χ2n) is 10.2. The van der Waals surface area contributed by atoms with E-state index in [-0.39, 0.29) is 0 Å². The van der Waals surface area contributed by atoms with Crippen molar-refractivity contribution in [1.29, 1.82) is 0 Å². The van der Waals surface area contributed by atoms with E-state index in [1.54, 1.807) is 37.1 Å². The van der Waals surface area contributed by atoms with Gasteiger partial charge in [0, 0.05) is 60.0 Å². The molecule has 2 aromatic carbocycles. The van der Waals surface area contributed by atoms with Gasteiger partial charge in [-0.25, -0.2) is 0 Å². The zero-order chi connectivity index (χ0) is 33.2. The summed E-state index contributed by atoms with van der Waals surface area (Å²) < 4.78 is 16.6. The predicted molar refractivity (Wildman–Crippen MR) is 180 cm³/mol. The van der Waals surface area contributed by atoms with Gasteiger partial charge in [0.05, 0.1) is 29.5 Å². The maximum Gasteiger partial charge on any atom is 0.181 e. The molecular formula is C34H43N5O6S. The van der Waals surface area contributed by atoms with Crippen molar-refractivity contribution in [3.05, 3.63) is 78.2 Å². The van der Waals surface area contributed by atoms with Gasteiger partial charge in [-0.05, 0) is 64.5 Å². The Labute approximate surface area is 274 Å².